The average molecular weight is 244 g/mol. The third-order valence-corrected chi connectivity index (χ3v) is 3.59. The summed E-state index contributed by atoms with van der Waals surface area (Å²) in [5, 5.41) is 10.3. The minimum Gasteiger partial charge on any atom is -0.326 e. The molecule has 86 valence electrons. The van der Waals surface area contributed by atoms with Crippen molar-refractivity contribution >= 4 is 16.2 Å². The van der Waals surface area contributed by atoms with Crippen LogP contribution >= 0.6 is 11.3 Å². The number of hydrogen-bond acceptors (Lipinski definition) is 4. The molecule has 3 rings (SSSR count). The zero-order valence-corrected chi connectivity index (χ0v) is 10.2. The van der Waals surface area contributed by atoms with E-state index in [1.54, 1.807) is 17.5 Å². The van der Waals surface area contributed by atoms with Crippen molar-refractivity contribution in [2.45, 2.75) is 13.5 Å². The molecule has 0 fully saturated rings. The van der Waals surface area contributed by atoms with Gasteiger partial charge >= 0.3 is 0 Å². The second kappa shape index (κ2) is 3.94. The largest absolute Gasteiger partial charge is 0.326 e. The van der Waals surface area contributed by atoms with Gasteiger partial charge in [-0.3, -0.25) is 0 Å². The number of nitrogens with zero attached hydrogens (tertiary/aromatic N) is 3. The number of aromatic nitrogens is 3. The molecule has 0 aliphatic rings. The Morgan fingerprint density at radius 1 is 1.41 bits per heavy atom. The van der Waals surface area contributed by atoms with Crippen LogP contribution in [0.4, 0.5) is 0 Å². The molecule has 5 heteroatoms. The van der Waals surface area contributed by atoms with Crippen molar-refractivity contribution in [2.24, 2.45) is 5.73 Å². The van der Waals surface area contributed by atoms with E-state index in [-0.39, 0.29) is 0 Å². The highest BCUT2D eigenvalue weighted by atomic mass is 32.1. The summed E-state index contributed by atoms with van der Waals surface area (Å²) in [7, 11) is 0. The summed E-state index contributed by atoms with van der Waals surface area (Å²) in [6.45, 7) is 2.57. The number of nitrogens with two attached hydrogens (primary N) is 1. The SMILES string of the molecule is Cc1cc2sccn2c1-c1cc(CN)cnn1. The van der Waals surface area contributed by atoms with Gasteiger partial charge in [-0.1, -0.05) is 0 Å². The van der Waals surface area contributed by atoms with E-state index in [9.17, 15) is 0 Å². The van der Waals surface area contributed by atoms with Gasteiger partial charge in [0, 0.05) is 18.1 Å². The molecule has 0 amide bonds. The molecule has 4 nitrogen and oxygen atoms in total. The van der Waals surface area contributed by atoms with Crippen LogP contribution in [0.15, 0.2) is 29.9 Å². The first kappa shape index (κ1) is 10.4. The van der Waals surface area contributed by atoms with Gasteiger partial charge in [0.1, 0.15) is 5.69 Å². The molecule has 3 heterocycles. The van der Waals surface area contributed by atoms with E-state index in [2.05, 4.69) is 39.2 Å². The van der Waals surface area contributed by atoms with Crippen LogP contribution in [-0.4, -0.2) is 14.6 Å². The van der Waals surface area contributed by atoms with E-state index < -0.39 is 0 Å². The van der Waals surface area contributed by atoms with Gasteiger partial charge in [0.15, 0.2) is 0 Å². The standard InChI is InChI=1S/C12H12N4S/c1-8-4-11-16(2-3-17-11)12(8)10-5-9(6-13)7-14-15-10/h2-5,7H,6,13H2,1H3. The Balaban J connectivity index is 2.25. The van der Waals surface area contributed by atoms with Gasteiger partial charge in [-0.25, -0.2) is 0 Å². The van der Waals surface area contributed by atoms with Crippen LogP contribution < -0.4 is 5.73 Å². The number of thiazole rings is 1. The summed E-state index contributed by atoms with van der Waals surface area (Å²) in [5.41, 5.74) is 9.82. The van der Waals surface area contributed by atoms with E-state index in [0.29, 0.717) is 6.54 Å². The van der Waals surface area contributed by atoms with Gasteiger partial charge in [0.25, 0.3) is 0 Å². The van der Waals surface area contributed by atoms with Crippen molar-refractivity contribution in [1.29, 1.82) is 0 Å². The molecule has 0 saturated carbocycles. The molecule has 3 aromatic heterocycles. The number of aryl methyl sites for hydroxylation is 1. The topological polar surface area (TPSA) is 56.2 Å². The Morgan fingerprint density at radius 2 is 2.29 bits per heavy atom. The van der Waals surface area contributed by atoms with Gasteiger partial charge in [-0.2, -0.15) is 5.10 Å². The highest BCUT2D eigenvalue weighted by Gasteiger charge is 2.11. The molecule has 0 spiro atoms. The maximum atomic E-state index is 5.63. The monoisotopic (exact) mass is 244 g/mol. The molecule has 0 saturated heterocycles. The van der Waals surface area contributed by atoms with Gasteiger partial charge in [0.05, 0.1) is 16.7 Å². The minimum atomic E-state index is 0.486. The molecule has 0 unspecified atom stereocenters. The summed E-state index contributed by atoms with van der Waals surface area (Å²) in [5.74, 6) is 0. The van der Waals surface area contributed by atoms with Crippen molar-refractivity contribution < 1.29 is 0 Å². The Bertz CT molecular complexity index is 668. The van der Waals surface area contributed by atoms with Gasteiger partial charge in [-0.05, 0) is 30.2 Å². The van der Waals surface area contributed by atoms with Crippen LogP contribution in [0.25, 0.3) is 16.2 Å². The Kier molecular flexibility index (Phi) is 2.42. The second-order valence-electron chi connectivity index (χ2n) is 3.94. The molecule has 0 bridgehead atoms. The Labute approximate surface area is 103 Å². The summed E-state index contributed by atoms with van der Waals surface area (Å²) < 4.78 is 2.14. The molecule has 0 aliphatic heterocycles. The van der Waals surface area contributed by atoms with Gasteiger partial charge in [-0.15, -0.1) is 16.4 Å². The average Bonchev–Trinajstić information content (AvgIpc) is 2.88. The van der Waals surface area contributed by atoms with E-state index in [0.717, 1.165) is 17.0 Å². The molecule has 0 aliphatic carbocycles. The fraction of sp³-hybridized carbons (Fsp3) is 0.167. The van der Waals surface area contributed by atoms with Crippen LogP contribution in [0.5, 0.6) is 0 Å². The van der Waals surface area contributed by atoms with Gasteiger partial charge < -0.3 is 10.1 Å². The predicted octanol–water partition coefficient (Wildman–Crippen LogP) is 2.22. The minimum absolute atomic E-state index is 0.486. The van der Waals surface area contributed by atoms with Crippen LogP contribution in [0.2, 0.25) is 0 Å². The number of fused-ring (bicyclic) bond motifs is 1. The first-order valence-corrected chi connectivity index (χ1v) is 6.25. The lowest BCUT2D eigenvalue weighted by atomic mass is 10.1. The first-order valence-electron chi connectivity index (χ1n) is 5.37. The maximum absolute atomic E-state index is 5.63. The quantitative estimate of drug-likeness (QED) is 0.752. The zero-order chi connectivity index (χ0) is 11.8. The molecule has 0 radical (unpaired) electrons. The lowest BCUT2D eigenvalue weighted by Crippen LogP contribution is -2.00. The van der Waals surface area contributed by atoms with E-state index >= 15 is 0 Å². The van der Waals surface area contributed by atoms with E-state index in [4.69, 9.17) is 5.73 Å². The van der Waals surface area contributed by atoms with Crippen LogP contribution in [-0.2, 0) is 6.54 Å². The highest BCUT2D eigenvalue weighted by molar-refractivity contribution is 7.15. The summed E-state index contributed by atoms with van der Waals surface area (Å²) in [6.07, 6.45) is 3.76. The predicted molar refractivity (Wildman–Crippen MR) is 68.9 cm³/mol. The first-order chi connectivity index (χ1) is 8.29. The number of hydrogen-bond donors (Lipinski definition) is 1. The Hall–Kier alpha value is -1.72. The third-order valence-electron chi connectivity index (χ3n) is 2.78. The lowest BCUT2D eigenvalue weighted by molar-refractivity contribution is 0.963. The van der Waals surface area contributed by atoms with Crippen LogP contribution in [0, 0.1) is 6.92 Å². The molecular formula is C12H12N4S. The molecule has 0 atom stereocenters. The normalized spacial score (nSPS) is 11.2. The summed E-state index contributed by atoms with van der Waals surface area (Å²) in [4.78, 5) is 1.22. The highest BCUT2D eigenvalue weighted by Crippen LogP contribution is 2.28. The summed E-state index contributed by atoms with van der Waals surface area (Å²) >= 11 is 1.72. The third kappa shape index (κ3) is 1.64. The van der Waals surface area contributed by atoms with Crippen molar-refractivity contribution in [3.63, 3.8) is 0 Å². The second-order valence-corrected chi connectivity index (χ2v) is 4.87. The summed E-state index contributed by atoms with van der Waals surface area (Å²) in [6, 6.07) is 4.16. The fourth-order valence-electron chi connectivity index (χ4n) is 1.98. The maximum Gasteiger partial charge on any atom is 0.110 e. The molecule has 2 N–H and O–H groups in total. The van der Waals surface area contributed by atoms with Crippen molar-refractivity contribution in [2.75, 3.05) is 0 Å². The van der Waals surface area contributed by atoms with Crippen LogP contribution in [0.3, 0.4) is 0 Å². The number of rotatable bonds is 2. The molecular weight excluding hydrogens is 232 g/mol. The van der Waals surface area contributed by atoms with Crippen LogP contribution in [0.1, 0.15) is 11.1 Å². The Morgan fingerprint density at radius 3 is 3.12 bits per heavy atom. The van der Waals surface area contributed by atoms with Crippen molar-refractivity contribution in [1.82, 2.24) is 14.6 Å². The van der Waals surface area contributed by atoms with E-state index in [1.807, 2.05) is 6.07 Å². The van der Waals surface area contributed by atoms with E-state index in [1.165, 1.54) is 10.4 Å². The van der Waals surface area contributed by atoms with Crippen molar-refractivity contribution in [3.05, 3.63) is 41.0 Å². The van der Waals surface area contributed by atoms with Crippen molar-refractivity contribution in [3.8, 4) is 11.4 Å². The molecule has 3 aromatic rings. The van der Waals surface area contributed by atoms with Gasteiger partial charge in [0.2, 0.25) is 0 Å². The molecule has 17 heavy (non-hydrogen) atoms. The zero-order valence-electron chi connectivity index (χ0n) is 9.42. The lowest BCUT2D eigenvalue weighted by Gasteiger charge is -2.03. The smallest absolute Gasteiger partial charge is 0.110 e. The molecule has 0 aromatic carbocycles. The fourth-order valence-corrected chi connectivity index (χ4v) is 2.82.